The standard InChI is InChI=1S/C7H17NO.C7H6S.ClH/c1-4-8(5-2)6-7(3)9;1-2-6-4-7(3-1)8-5-6;/h7,9H,4-6H2,1-3H3;1-4H,5H2;1H. The second-order valence-corrected chi connectivity index (χ2v) is 5.32. The SMILES string of the molecule is CCN(CC)CC(C)O.Cl.c1cc2cc(c1)SC2. The van der Waals surface area contributed by atoms with Gasteiger partial charge >= 0.3 is 0 Å². The molecular formula is C14H24ClNOS. The molecule has 1 unspecified atom stereocenters. The van der Waals surface area contributed by atoms with Crippen LogP contribution in [0, 0.1) is 0 Å². The lowest BCUT2D eigenvalue weighted by Crippen LogP contribution is -2.30. The van der Waals surface area contributed by atoms with Crippen molar-refractivity contribution in [3.63, 3.8) is 0 Å². The third-order valence-electron chi connectivity index (χ3n) is 2.72. The van der Waals surface area contributed by atoms with E-state index in [0.29, 0.717) is 0 Å². The van der Waals surface area contributed by atoms with Crippen molar-refractivity contribution in [2.45, 2.75) is 37.5 Å². The number of likely N-dealkylation sites (N-methyl/N-ethyl adjacent to an activating group) is 1. The molecule has 0 aliphatic carbocycles. The van der Waals surface area contributed by atoms with Crippen molar-refractivity contribution in [2.24, 2.45) is 0 Å². The Labute approximate surface area is 121 Å². The first-order chi connectivity index (χ1) is 8.15. The van der Waals surface area contributed by atoms with Gasteiger partial charge in [0.2, 0.25) is 0 Å². The lowest BCUT2D eigenvalue weighted by molar-refractivity contribution is 0.133. The Morgan fingerprint density at radius 3 is 2.39 bits per heavy atom. The highest BCUT2D eigenvalue weighted by atomic mass is 35.5. The third-order valence-corrected chi connectivity index (χ3v) is 3.79. The van der Waals surface area contributed by atoms with Crippen LogP contribution in [0.4, 0.5) is 0 Å². The Hall–Kier alpha value is -0.220. The van der Waals surface area contributed by atoms with Crippen LogP contribution in [0.3, 0.4) is 0 Å². The molecule has 2 bridgehead atoms. The highest BCUT2D eigenvalue weighted by Crippen LogP contribution is 2.30. The fourth-order valence-corrected chi connectivity index (χ4v) is 2.67. The number of halogens is 1. The number of nitrogens with zero attached hydrogens (tertiary/aromatic N) is 1. The van der Waals surface area contributed by atoms with Crippen molar-refractivity contribution < 1.29 is 5.11 Å². The number of hydrogen-bond acceptors (Lipinski definition) is 3. The molecule has 1 aromatic rings. The fraction of sp³-hybridized carbons (Fsp3) is 0.571. The van der Waals surface area contributed by atoms with E-state index in [-0.39, 0.29) is 18.5 Å². The third kappa shape index (κ3) is 6.64. The average Bonchev–Trinajstić information content (AvgIpc) is 2.66. The van der Waals surface area contributed by atoms with Crippen molar-refractivity contribution in [1.29, 1.82) is 0 Å². The molecule has 0 aromatic heterocycles. The minimum atomic E-state index is -0.190. The molecule has 1 heterocycles. The molecular weight excluding hydrogens is 266 g/mol. The van der Waals surface area contributed by atoms with Gasteiger partial charge in [-0.3, -0.25) is 0 Å². The van der Waals surface area contributed by atoms with Crippen molar-refractivity contribution >= 4 is 24.2 Å². The first-order valence-electron chi connectivity index (χ1n) is 6.27. The molecule has 1 aliphatic rings. The largest absolute Gasteiger partial charge is 0.392 e. The summed E-state index contributed by atoms with van der Waals surface area (Å²) in [5.74, 6) is 1.18. The normalized spacial score (nSPS) is 13.6. The van der Waals surface area contributed by atoms with Gasteiger partial charge in [0.25, 0.3) is 0 Å². The summed E-state index contributed by atoms with van der Waals surface area (Å²) in [4.78, 5) is 3.62. The monoisotopic (exact) mass is 289 g/mol. The van der Waals surface area contributed by atoms with Gasteiger partial charge in [-0.25, -0.2) is 0 Å². The molecule has 4 heteroatoms. The number of hydrogen-bond donors (Lipinski definition) is 1. The Kier molecular flexibility index (Phi) is 9.56. The quantitative estimate of drug-likeness (QED) is 0.919. The number of rotatable bonds is 4. The Morgan fingerprint density at radius 2 is 2.00 bits per heavy atom. The molecule has 0 saturated carbocycles. The summed E-state index contributed by atoms with van der Waals surface area (Å²) < 4.78 is 0. The second-order valence-electron chi connectivity index (χ2n) is 4.27. The molecule has 0 fully saturated rings. The number of benzene rings is 1. The van der Waals surface area contributed by atoms with Gasteiger partial charge < -0.3 is 10.0 Å². The van der Waals surface area contributed by atoms with Crippen LogP contribution in [0.15, 0.2) is 29.2 Å². The van der Waals surface area contributed by atoms with Crippen molar-refractivity contribution in [1.82, 2.24) is 4.90 Å². The van der Waals surface area contributed by atoms with Gasteiger partial charge in [-0.2, -0.15) is 0 Å². The lowest BCUT2D eigenvalue weighted by Gasteiger charge is -2.18. The van der Waals surface area contributed by atoms with Crippen LogP contribution < -0.4 is 0 Å². The lowest BCUT2D eigenvalue weighted by atomic mass is 10.2. The Bertz CT molecular complexity index is 310. The molecule has 104 valence electrons. The molecule has 2 nitrogen and oxygen atoms in total. The zero-order chi connectivity index (χ0) is 12.7. The molecule has 0 saturated heterocycles. The van der Waals surface area contributed by atoms with Gasteiger partial charge in [0.05, 0.1) is 6.10 Å². The van der Waals surface area contributed by atoms with Gasteiger partial charge in [-0.05, 0) is 37.7 Å². The summed E-state index contributed by atoms with van der Waals surface area (Å²) in [6.45, 7) is 8.88. The summed E-state index contributed by atoms with van der Waals surface area (Å²) in [7, 11) is 0. The molecule has 0 spiro atoms. The van der Waals surface area contributed by atoms with Crippen LogP contribution in [-0.4, -0.2) is 35.7 Å². The van der Waals surface area contributed by atoms with E-state index in [1.54, 1.807) is 0 Å². The first-order valence-corrected chi connectivity index (χ1v) is 7.26. The molecule has 1 aromatic carbocycles. The van der Waals surface area contributed by atoms with Gasteiger partial charge in [-0.1, -0.05) is 26.0 Å². The Morgan fingerprint density at radius 1 is 1.33 bits per heavy atom. The van der Waals surface area contributed by atoms with E-state index in [2.05, 4.69) is 43.0 Å². The topological polar surface area (TPSA) is 23.5 Å². The molecule has 0 amide bonds. The van der Waals surface area contributed by atoms with E-state index in [4.69, 9.17) is 5.11 Å². The summed E-state index contributed by atoms with van der Waals surface area (Å²) in [5, 5.41) is 8.94. The van der Waals surface area contributed by atoms with E-state index in [1.165, 1.54) is 16.2 Å². The minimum Gasteiger partial charge on any atom is -0.392 e. The summed E-state index contributed by atoms with van der Waals surface area (Å²) in [5.41, 5.74) is 1.47. The smallest absolute Gasteiger partial charge is 0.0639 e. The maximum absolute atomic E-state index is 8.94. The van der Waals surface area contributed by atoms with Gasteiger partial charge in [-0.15, -0.1) is 24.2 Å². The average molecular weight is 290 g/mol. The van der Waals surface area contributed by atoms with Crippen LogP contribution in [-0.2, 0) is 5.75 Å². The number of fused-ring (bicyclic) bond motifs is 2. The van der Waals surface area contributed by atoms with E-state index in [0.717, 1.165) is 19.6 Å². The van der Waals surface area contributed by atoms with Crippen LogP contribution in [0.1, 0.15) is 26.3 Å². The first kappa shape index (κ1) is 17.8. The number of aliphatic hydroxyl groups excluding tert-OH is 1. The highest BCUT2D eigenvalue weighted by molar-refractivity contribution is 7.98. The van der Waals surface area contributed by atoms with Crippen LogP contribution in [0.2, 0.25) is 0 Å². The van der Waals surface area contributed by atoms with Gasteiger partial charge in [0.1, 0.15) is 0 Å². The minimum absolute atomic E-state index is 0. The second kappa shape index (κ2) is 9.68. The summed E-state index contributed by atoms with van der Waals surface area (Å²) in [6.07, 6.45) is -0.190. The van der Waals surface area contributed by atoms with Crippen molar-refractivity contribution in [3.8, 4) is 0 Å². The highest BCUT2D eigenvalue weighted by Gasteiger charge is 2.03. The van der Waals surface area contributed by atoms with E-state index in [9.17, 15) is 0 Å². The molecule has 1 N–H and O–H groups in total. The number of thioether (sulfide) groups is 1. The van der Waals surface area contributed by atoms with Crippen molar-refractivity contribution in [3.05, 3.63) is 29.8 Å². The number of aliphatic hydroxyl groups is 1. The van der Waals surface area contributed by atoms with Crippen LogP contribution >= 0.6 is 24.2 Å². The van der Waals surface area contributed by atoms with Gasteiger partial charge in [0, 0.05) is 17.2 Å². The predicted molar refractivity (Wildman–Crippen MR) is 82.7 cm³/mol. The zero-order valence-electron chi connectivity index (χ0n) is 11.4. The van der Waals surface area contributed by atoms with Crippen molar-refractivity contribution in [2.75, 3.05) is 19.6 Å². The zero-order valence-corrected chi connectivity index (χ0v) is 13.1. The molecule has 1 atom stereocenters. The van der Waals surface area contributed by atoms with Gasteiger partial charge in [0.15, 0.2) is 0 Å². The molecule has 2 rings (SSSR count). The summed E-state index contributed by atoms with van der Waals surface area (Å²) in [6, 6.07) is 8.68. The fourth-order valence-electron chi connectivity index (χ4n) is 1.75. The van der Waals surface area contributed by atoms with E-state index >= 15 is 0 Å². The maximum Gasteiger partial charge on any atom is 0.0639 e. The molecule has 1 aliphatic heterocycles. The van der Waals surface area contributed by atoms with E-state index in [1.807, 2.05) is 18.7 Å². The predicted octanol–water partition coefficient (Wildman–Crippen LogP) is 3.42. The maximum atomic E-state index is 8.94. The molecule has 0 radical (unpaired) electrons. The van der Waals surface area contributed by atoms with Crippen LogP contribution in [0.25, 0.3) is 0 Å². The summed E-state index contributed by atoms with van der Waals surface area (Å²) >= 11 is 1.92. The Balaban J connectivity index is 0.000000304. The van der Waals surface area contributed by atoms with E-state index < -0.39 is 0 Å². The molecule has 18 heavy (non-hydrogen) atoms. The van der Waals surface area contributed by atoms with Crippen LogP contribution in [0.5, 0.6) is 0 Å².